The van der Waals surface area contributed by atoms with Crippen LogP contribution in [0.2, 0.25) is 5.15 Å². The van der Waals surface area contributed by atoms with Crippen LogP contribution in [0.3, 0.4) is 0 Å². The van der Waals surface area contributed by atoms with Gasteiger partial charge in [-0.15, -0.1) is 0 Å². The number of nitrogens with zero attached hydrogens (tertiary/aromatic N) is 4. The molecular weight excluding hydrogens is 546 g/mol. The third kappa shape index (κ3) is 5.45. The van der Waals surface area contributed by atoms with E-state index in [4.69, 9.17) is 21.1 Å². The first-order chi connectivity index (χ1) is 18.8. The highest BCUT2D eigenvalue weighted by atomic mass is 35.5. The van der Waals surface area contributed by atoms with Crippen LogP contribution in [0.1, 0.15) is 55.3 Å². The highest BCUT2D eigenvalue weighted by Crippen LogP contribution is 2.36. The number of aliphatic hydroxyl groups excluding tert-OH is 2. The fourth-order valence-electron chi connectivity index (χ4n) is 4.91. The zero-order chi connectivity index (χ0) is 28.9. The number of amides is 1. The molecule has 9 nitrogen and oxygen atoms in total. The van der Waals surface area contributed by atoms with E-state index >= 15 is 0 Å². The lowest BCUT2D eigenvalue weighted by molar-refractivity contribution is -0.363. The smallest absolute Gasteiger partial charge is 0.410 e. The van der Waals surface area contributed by atoms with Gasteiger partial charge in [0, 0.05) is 30.2 Å². The molecule has 1 aromatic carbocycles. The topological polar surface area (TPSA) is 108 Å². The molecule has 212 valence electrons. The Bertz CT molecular complexity index is 1470. The monoisotopic (exact) mass is 575 g/mol. The van der Waals surface area contributed by atoms with E-state index in [1.807, 2.05) is 0 Å². The fourth-order valence-corrected chi connectivity index (χ4v) is 5.17. The van der Waals surface area contributed by atoms with Gasteiger partial charge in [0.15, 0.2) is 0 Å². The lowest BCUT2D eigenvalue weighted by Crippen LogP contribution is -2.40. The van der Waals surface area contributed by atoms with E-state index in [-0.39, 0.29) is 29.6 Å². The predicted molar refractivity (Wildman–Crippen MR) is 143 cm³/mol. The van der Waals surface area contributed by atoms with E-state index in [2.05, 4.69) is 9.97 Å². The number of hydrogen-bond acceptors (Lipinski definition) is 7. The minimum atomic E-state index is -2.71. The summed E-state index contributed by atoms with van der Waals surface area (Å²) < 4.78 is 40.5. The molecule has 1 aliphatic carbocycles. The Kier molecular flexibility index (Phi) is 7.41. The standard InChI is InChI=1S/C28H30ClF2N4O5/c1-14-32-24(29)18-6-8-35(26(18)33-14)20-10-17(22(36)23(20)37)13-39-21-11-16(25(30)31)9-15-5-7-34(12-19(15)21)27(38)40-28(2,3)4/h6,8-11,22-23,25,36-37H,5,7,12-13H2,1-4H3/q+1/b35-20-/t22-,23+/m1/s1. The minimum Gasteiger partial charge on any atom is -0.489 e. The van der Waals surface area contributed by atoms with Crippen LogP contribution >= 0.6 is 11.6 Å². The number of rotatable bonds is 4. The van der Waals surface area contributed by atoms with Crippen molar-refractivity contribution in [1.29, 1.82) is 0 Å². The molecule has 40 heavy (non-hydrogen) atoms. The van der Waals surface area contributed by atoms with Crippen LogP contribution in [0.4, 0.5) is 19.4 Å². The van der Waals surface area contributed by atoms with E-state index in [0.29, 0.717) is 52.6 Å². The van der Waals surface area contributed by atoms with Gasteiger partial charge in [-0.25, -0.2) is 13.6 Å². The average Bonchev–Trinajstić information content (AvgIpc) is 3.41. The molecule has 0 spiro atoms. The Hall–Kier alpha value is -3.41. The summed E-state index contributed by atoms with van der Waals surface area (Å²) in [6, 6.07) is 2.69. The van der Waals surface area contributed by atoms with E-state index in [9.17, 15) is 23.8 Å². The zero-order valence-electron chi connectivity index (χ0n) is 22.5. The molecular formula is C28H30ClF2N4O5+. The van der Waals surface area contributed by atoms with Gasteiger partial charge in [-0.05, 0) is 62.0 Å². The third-order valence-electron chi connectivity index (χ3n) is 6.82. The number of fused-ring (bicyclic) bond motifs is 2. The Morgan fingerprint density at radius 3 is 2.70 bits per heavy atom. The van der Waals surface area contributed by atoms with Crippen LogP contribution in [-0.4, -0.2) is 72.4 Å². The molecule has 0 unspecified atom stereocenters. The maximum absolute atomic E-state index is 13.7. The van der Waals surface area contributed by atoms with Crippen molar-refractivity contribution in [3.8, 4) is 5.75 Å². The summed E-state index contributed by atoms with van der Waals surface area (Å²) in [5.41, 5.74) is 1.66. The first-order valence-electron chi connectivity index (χ1n) is 12.8. The van der Waals surface area contributed by atoms with Crippen LogP contribution in [0, 0.1) is 6.92 Å². The first-order valence-corrected chi connectivity index (χ1v) is 13.2. The van der Waals surface area contributed by atoms with Crippen molar-refractivity contribution in [2.75, 3.05) is 13.2 Å². The molecule has 2 N–H and O–H groups in total. The average molecular weight is 576 g/mol. The maximum Gasteiger partial charge on any atom is 0.410 e. The van der Waals surface area contributed by atoms with E-state index in [1.54, 1.807) is 50.6 Å². The molecule has 0 radical (unpaired) electrons. The van der Waals surface area contributed by atoms with Crippen molar-refractivity contribution in [2.45, 2.75) is 64.9 Å². The largest absolute Gasteiger partial charge is 0.489 e. The summed E-state index contributed by atoms with van der Waals surface area (Å²) in [6.07, 6.45) is -0.460. The Labute approximate surface area is 235 Å². The van der Waals surface area contributed by atoms with Gasteiger partial charge in [0.05, 0.1) is 12.7 Å². The number of alkyl halides is 2. The highest BCUT2D eigenvalue weighted by Gasteiger charge is 2.39. The quantitative estimate of drug-likeness (QED) is 0.409. The van der Waals surface area contributed by atoms with Crippen molar-refractivity contribution >= 4 is 35.3 Å². The molecule has 5 rings (SSSR count). The van der Waals surface area contributed by atoms with Crippen LogP contribution in [-0.2, 0) is 17.7 Å². The molecule has 1 amide bonds. The van der Waals surface area contributed by atoms with E-state index in [1.165, 1.54) is 17.0 Å². The number of carbonyl (C=O) groups is 1. The molecule has 0 saturated carbocycles. The Morgan fingerprint density at radius 1 is 1.25 bits per heavy atom. The Morgan fingerprint density at radius 2 is 2.00 bits per heavy atom. The molecule has 1 aromatic heterocycles. The first kappa shape index (κ1) is 28.1. The van der Waals surface area contributed by atoms with Gasteiger partial charge in [0.25, 0.3) is 6.43 Å². The number of ether oxygens (including phenoxy) is 2. The van der Waals surface area contributed by atoms with Gasteiger partial charge in [-0.2, -0.15) is 9.56 Å². The number of hydrogen-bond donors (Lipinski definition) is 2. The summed E-state index contributed by atoms with van der Waals surface area (Å²) >= 11 is 6.24. The van der Waals surface area contributed by atoms with Crippen molar-refractivity contribution < 1.29 is 37.8 Å². The molecule has 2 atom stereocenters. The van der Waals surface area contributed by atoms with Gasteiger partial charge in [-0.3, -0.25) is 0 Å². The van der Waals surface area contributed by atoms with Gasteiger partial charge < -0.3 is 24.6 Å². The van der Waals surface area contributed by atoms with Gasteiger partial charge in [0.1, 0.15) is 46.6 Å². The van der Waals surface area contributed by atoms with Crippen LogP contribution in [0.15, 0.2) is 30.0 Å². The van der Waals surface area contributed by atoms with Crippen LogP contribution in [0.5, 0.6) is 5.75 Å². The lowest BCUT2D eigenvalue weighted by Gasteiger charge is -2.32. The second-order valence-electron chi connectivity index (χ2n) is 10.9. The molecule has 12 heteroatoms. The lowest BCUT2D eigenvalue weighted by atomic mass is 9.96. The minimum absolute atomic E-state index is 0.125. The van der Waals surface area contributed by atoms with Crippen molar-refractivity contribution in [3.05, 3.63) is 63.2 Å². The summed E-state index contributed by atoms with van der Waals surface area (Å²) in [7, 11) is 0. The molecule has 3 heterocycles. The van der Waals surface area contributed by atoms with Crippen molar-refractivity contribution in [1.82, 2.24) is 14.9 Å². The normalized spacial score (nSPS) is 21.9. The molecule has 0 saturated heterocycles. The SMILES string of the molecule is Cc1nc(Cl)c2c(n1)/[N+](=C1/C=C(COc3cc(C(F)F)cc4c3CN(C(=O)OC(C)(C)C)CC4)[C@@H](O)[C@H]1O)C=C2. The third-order valence-corrected chi connectivity index (χ3v) is 7.11. The summed E-state index contributed by atoms with van der Waals surface area (Å²) in [5, 5.41) is 21.9. The molecule has 3 aliphatic rings. The Balaban J connectivity index is 1.43. The molecule has 2 aromatic rings. The van der Waals surface area contributed by atoms with Crippen molar-refractivity contribution in [3.63, 3.8) is 0 Å². The molecule has 0 fully saturated rings. The number of aromatic nitrogens is 2. The van der Waals surface area contributed by atoms with Gasteiger partial charge >= 0.3 is 11.9 Å². The number of halogens is 3. The second-order valence-corrected chi connectivity index (χ2v) is 11.3. The fraction of sp³-hybridized carbons (Fsp3) is 0.429. The summed E-state index contributed by atoms with van der Waals surface area (Å²) in [4.78, 5) is 22.8. The number of benzene rings is 1. The predicted octanol–water partition coefficient (Wildman–Crippen LogP) is 4.48. The van der Waals surface area contributed by atoms with Crippen molar-refractivity contribution in [2.24, 2.45) is 0 Å². The van der Waals surface area contributed by atoms with E-state index in [0.717, 1.165) is 0 Å². The van der Waals surface area contributed by atoms with Gasteiger partial charge in [0.2, 0.25) is 5.82 Å². The highest BCUT2D eigenvalue weighted by molar-refractivity contribution is 6.31. The van der Waals surface area contributed by atoms with E-state index < -0.39 is 30.3 Å². The second kappa shape index (κ2) is 10.5. The van der Waals surface area contributed by atoms with Gasteiger partial charge in [-0.1, -0.05) is 11.6 Å². The molecule has 0 bridgehead atoms. The molecule has 2 aliphatic heterocycles. The summed E-state index contributed by atoms with van der Waals surface area (Å²) in [5.74, 6) is 1.10. The summed E-state index contributed by atoms with van der Waals surface area (Å²) in [6.45, 7) is 7.27. The zero-order valence-corrected chi connectivity index (χ0v) is 23.2. The van der Waals surface area contributed by atoms with Crippen LogP contribution in [0.25, 0.3) is 6.08 Å². The maximum atomic E-state index is 13.7. The number of carbonyl (C=O) groups excluding carboxylic acids is 1. The number of aliphatic hydroxyl groups is 2. The number of aryl methyl sites for hydroxylation is 1. The van der Waals surface area contributed by atoms with Crippen LogP contribution < -0.4 is 4.74 Å².